The minimum absolute atomic E-state index is 0.235. The van der Waals surface area contributed by atoms with E-state index < -0.39 is 0 Å². The van der Waals surface area contributed by atoms with Gasteiger partial charge in [-0.25, -0.2) is 0 Å². The molecule has 0 aliphatic carbocycles. The Morgan fingerprint density at radius 3 is 1.82 bits per heavy atom. The van der Waals surface area contributed by atoms with Gasteiger partial charge in [0.1, 0.15) is 0 Å². The van der Waals surface area contributed by atoms with Gasteiger partial charge in [0, 0.05) is 28.4 Å². The van der Waals surface area contributed by atoms with Crippen molar-refractivity contribution in [3.8, 4) is 11.1 Å². The van der Waals surface area contributed by atoms with Gasteiger partial charge < -0.3 is 4.57 Å². The summed E-state index contributed by atoms with van der Waals surface area (Å²) in [5, 5.41) is 1.83. The summed E-state index contributed by atoms with van der Waals surface area (Å²) in [5.74, 6) is -0.478. The standard InChI is InChI=1S/C34H24N2O2/c37-33-28-20-27(25-16-8-3-9-17-25)32-30(31(28)34(38)36(33)22-24-14-6-2-7-15-24)26-18-10-11-19-29(26)35(32)21-23-12-4-1-5-13-23/h1-20H,21-22H2. The number of para-hydroxylation sites is 1. The van der Waals surface area contributed by atoms with Crippen LogP contribution < -0.4 is 0 Å². The smallest absolute Gasteiger partial charge is 0.262 e. The molecule has 0 fully saturated rings. The van der Waals surface area contributed by atoms with E-state index in [1.807, 2.05) is 84.9 Å². The van der Waals surface area contributed by atoms with Crippen molar-refractivity contribution in [2.24, 2.45) is 0 Å². The molecule has 6 aromatic rings. The van der Waals surface area contributed by atoms with Crippen LogP contribution in [0.5, 0.6) is 0 Å². The minimum atomic E-state index is -0.243. The summed E-state index contributed by atoms with van der Waals surface area (Å²) in [6.45, 7) is 0.900. The van der Waals surface area contributed by atoms with Crippen LogP contribution in [0.25, 0.3) is 32.9 Å². The molecule has 1 aliphatic rings. The van der Waals surface area contributed by atoms with E-state index in [1.54, 1.807) is 0 Å². The normalized spacial score (nSPS) is 13.0. The van der Waals surface area contributed by atoms with Crippen LogP contribution in [0.4, 0.5) is 0 Å². The first-order chi connectivity index (χ1) is 18.7. The third-order valence-electron chi connectivity index (χ3n) is 7.42. The molecule has 182 valence electrons. The van der Waals surface area contributed by atoms with Gasteiger partial charge >= 0.3 is 0 Å². The van der Waals surface area contributed by atoms with Crippen molar-refractivity contribution in [3.05, 3.63) is 144 Å². The number of rotatable bonds is 5. The highest BCUT2D eigenvalue weighted by Crippen LogP contribution is 2.43. The lowest BCUT2D eigenvalue weighted by Crippen LogP contribution is -2.29. The molecular weight excluding hydrogens is 468 g/mol. The predicted octanol–water partition coefficient (Wildman–Crippen LogP) is 7.31. The third kappa shape index (κ3) is 3.46. The first-order valence-corrected chi connectivity index (χ1v) is 12.8. The number of hydrogen-bond donors (Lipinski definition) is 0. The first kappa shape index (κ1) is 22.3. The predicted molar refractivity (Wildman–Crippen MR) is 151 cm³/mol. The van der Waals surface area contributed by atoms with Crippen LogP contribution in [0.15, 0.2) is 121 Å². The molecule has 4 heteroatoms. The second-order valence-corrected chi connectivity index (χ2v) is 9.71. The Kier molecular flexibility index (Phi) is 5.19. The van der Waals surface area contributed by atoms with E-state index in [-0.39, 0.29) is 18.4 Å². The molecule has 5 aromatic carbocycles. The molecule has 38 heavy (non-hydrogen) atoms. The number of aromatic nitrogens is 1. The fourth-order valence-electron chi connectivity index (χ4n) is 5.70. The van der Waals surface area contributed by atoms with Crippen molar-refractivity contribution in [1.82, 2.24) is 9.47 Å². The van der Waals surface area contributed by atoms with Gasteiger partial charge in [0.2, 0.25) is 0 Å². The Morgan fingerprint density at radius 2 is 1.13 bits per heavy atom. The van der Waals surface area contributed by atoms with E-state index in [2.05, 4.69) is 41.0 Å². The van der Waals surface area contributed by atoms with Gasteiger partial charge in [-0.2, -0.15) is 0 Å². The largest absolute Gasteiger partial charge is 0.335 e. The molecule has 0 spiro atoms. The van der Waals surface area contributed by atoms with Crippen molar-refractivity contribution in [3.63, 3.8) is 0 Å². The van der Waals surface area contributed by atoms with Crippen LogP contribution in [0.1, 0.15) is 31.8 Å². The molecule has 0 bridgehead atoms. The van der Waals surface area contributed by atoms with Crippen LogP contribution in [0, 0.1) is 0 Å². The number of fused-ring (bicyclic) bond motifs is 5. The maximum atomic E-state index is 14.0. The number of carbonyl (C=O) groups excluding carboxylic acids is 2. The molecule has 4 nitrogen and oxygen atoms in total. The summed E-state index contributed by atoms with van der Waals surface area (Å²) in [4.78, 5) is 29.1. The van der Waals surface area contributed by atoms with Gasteiger partial charge in [-0.1, -0.05) is 109 Å². The van der Waals surface area contributed by atoms with E-state index in [4.69, 9.17) is 0 Å². The SMILES string of the molecule is O=C1c2cc(-c3ccccc3)c3c(c2C(=O)N1Cc1ccccc1)c1ccccc1n3Cc1ccccc1. The molecule has 2 amide bonds. The molecule has 2 heterocycles. The van der Waals surface area contributed by atoms with Crippen LogP contribution in [-0.2, 0) is 13.1 Å². The number of amides is 2. The molecule has 0 saturated heterocycles. The van der Waals surface area contributed by atoms with Crippen LogP contribution in [0.2, 0.25) is 0 Å². The maximum absolute atomic E-state index is 14.0. The molecular formula is C34H24N2O2. The molecule has 0 unspecified atom stereocenters. The molecule has 7 rings (SSSR count). The topological polar surface area (TPSA) is 42.3 Å². The summed E-state index contributed by atoms with van der Waals surface area (Å²) in [6, 6.07) is 40.3. The number of hydrogen-bond acceptors (Lipinski definition) is 2. The second kappa shape index (κ2) is 8.86. The highest BCUT2D eigenvalue weighted by molar-refractivity contribution is 6.31. The fraction of sp³-hybridized carbons (Fsp3) is 0.0588. The van der Waals surface area contributed by atoms with E-state index in [0.29, 0.717) is 17.7 Å². The average Bonchev–Trinajstić information content (AvgIpc) is 3.41. The van der Waals surface area contributed by atoms with Gasteiger partial charge in [0.25, 0.3) is 11.8 Å². The quantitative estimate of drug-likeness (QED) is 0.237. The summed E-state index contributed by atoms with van der Waals surface area (Å²) in [6.07, 6.45) is 0. The molecule has 0 atom stereocenters. The monoisotopic (exact) mass is 492 g/mol. The van der Waals surface area contributed by atoms with Gasteiger partial charge in [-0.05, 0) is 28.8 Å². The Bertz CT molecular complexity index is 1840. The lowest BCUT2D eigenvalue weighted by atomic mass is 9.94. The highest BCUT2D eigenvalue weighted by atomic mass is 16.2. The average molecular weight is 493 g/mol. The van der Waals surface area contributed by atoms with Crippen LogP contribution in [0.3, 0.4) is 0 Å². The number of imide groups is 1. The van der Waals surface area contributed by atoms with Crippen molar-refractivity contribution >= 4 is 33.6 Å². The molecule has 1 aliphatic heterocycles. The molecule has 0 radical (unpaired) electrons. The summed E-state index contributed by atoms with van der Waals surface area (Å²) < 4.78 is 2.29. The van der Waals surface area contributed by atoms with E-state index in [1.165, 1.54) is 10.5 Å². The summed E-state index contributed by atoms with van der Waals surface area (Å²) >= 11 is 0. The van der Waals surface area contributed by atoms with Gasteiger partial charge in [-0.15, -0.1) is 0 Å². The zero-order valence-electron chi connectivity index (χ0n) is 20.7. The van der Waals surface area contributed by atoms with Gasteiger partial charge in [-0.3, -0.25) is 14.5 Å². The molecule has 0 N–H and O–H groups in total. The lowest BCUT2D eigenvalue weighted by molar-refractivity contribution is 0.0643. The molecule has 1 aromatic heterocycles. The fourth-order valence-corrected chi connectivity index (χ4v) is 5.70. The van der Waals surface area contributed by atoms with E-state index in [9.17, 15) is 9.59 Å². The van der Waals surface area contributed by atoms with Gasteiger partial charge in [0.15, 0.2) is 0 Å². The Labute approximate surface area is 220 Å². The lowest BCUT2D eigenvalue weighted by Gasteiger charge is -2.13. The zero-order chi connectivity index (χ0) is 25.6. The van der Waals surface area contributed by atoms with Crippen molar-refractivity contribution in [2.75, 3.05) is 0 Å². The third-order valence-corrected chi connectivity index (χ3v) is 7.42. The summed E-state index contributed by atoms with van der Waals surface area (Å²) in [7, 11) is 0. The summed E-state index contributed by atoms with van der Waals surface area (Å²) in [5.41, 5.74) is 7.05. The molecule has 0 saturated carbocycles. The van der Waals surface area contributed by atoms with E-state index in [0.717, 1.165) is 38.5 Å². The van der Waals surface area contributed by atoms with Crippen molar-refractivity contribution < 1.29 is 9.59 Å². The Balaban J connectivity index is 1.54. The second-order valence-electron chi connectivity index (χ2n) is 9.71. The Morgan fingerprint density at radius 1 is 0.553 bits per heavy atom. The van der Waals surface area contributed by atoms with Crippen LogP contribution >= 0.6 is 0 Å². The van der Waals surface area contributed by atoms with Crippen LogP contribution in [-0.4, -0.2) is 21.3 Å². The van der Waals surface area contributed by atoms with Crippen molar-refractivity contribution in [1.29, 1.82) is 0 Å². The highest BCUT2D eigenvalue weighted by Gasteiger charge is 2.39. The van der Waals surface area contributed by atoms with E-state index >= 15 is 0 Å². The number of carbonyl (C=O) groups is 2. The minimum Gasteiger partial charge on any atom is -0.335 e. The first-order valence-electron chi connectivity index (χ1n) is 12.8. The zero-order valence-corrected chi connectivity index (χ0v) is 20.7. The van der Waals surface area contributed by atoms with Gasteiger partial charge in [0.05, 0.1) is 23.2 Å². The van der Waals surface area contributed by atoms with Crippen molar-refractivity contribution in [2.45, 2.75) is 13.1 Å². The Hall–Kier alpha value is -4.96. The maximum Gasteiger partial charge on any atom is 0.262 e. The number of nitrogens with zero attached hydrogens (tertiary/aromatic N) is 2. The number of benzene rings is 5.